The van der Waals surface area contributed by atoms with Gasteiger partial charge in [0.15, 0.2) is 0 Å². The minimum Gasteiger partial charge on any atom is -0.352 e. The Morgan fingerprint density at radius 2 is 2.24 bits per heavy atom. The summed E-state index contributed by atoms with van der Waals surface area (Å²) >= 11 is 11.9. The SMILES string of the molecule is Cc1[nH]ncc1CNC(=O)[C@H]1C[C@H]1c1ccc(Cl)c(Cl)c1. The third-order valence-corrected chi connectivity index (χ3v) is 4.63. The van der Waals surface area contributed by atoms with Crippen molar-refractivity contribution in [2.45, 2.75) is 25.8 Å². The summed E-state index contributed by atoms with van der Waals surface area (Å²) in [5.41, 5.74) is 3.06. The molecule has 6 heteroatoms. The predicted molar refractivity (Wildman–Crippen MR) is 82.5 cm³/mol. The van der Waals surface area contributed by atoms with E-state index in [9.17, 15) is 4.79 Å². The third-order valence-electron chi connectivity index (χ3n) is 3.89. The average molecular weight is 324 g/mol. The largest absolute Gasteiger partial charge is 0.352 e. The zero-order valence-electron chi connectivity index (χ0n) is 11.5. The summed E-state index contributed by atoms with van der Waals surface area (Å²) < 4.78 is 0. The van der Waals surface area contributed by atoms with Crippen LogP contribution in [0.4, 0.5) is 0 Å². The molecule has 21 heavy (non-hydrogen) atoms. The summed E-state index contributed by atoms with van der Waals surface area (Å²) in [4.78, 5) is 12.1. The molecule has 2 N–H and O–H groups in total. The van der Waals surface area contributed by atoms with Gasteiger partial charge in [0.2, 0.25) is 5.91 Å². The smallest absolute Gasteiger partial charge is 0.224 e. The number of benzene rings is 1. The van der Waals surface area contributed by atoms with Gasteiger partial charge >= 0.3 is 0 Å². The molecule has 0 unspecified atom stereocenters. The van der Waals surface area contributed by atoms with Crippen LogP contribution in [0.15, 0.2) is 24.4 Å². The van der Waals surface area contributed by atoms with E-state index in [1.807, 2.05) is 19.1 Å². The molecule has 1 heterocycles. The summed E-state index contributed by atoms with van der Waals surface area (Å²) in [5.74, 6) is 0.339. The molecular formula is C15H15Cl2N3O. The number of H-pyrrole nitrogens is 1. The molecule has 2 atom stereocenters. The van der Waals surface area contributed by atoms with Crippen molar-refractivity contribution < 1.29 is 4.79 Å². The lowest BCUT2D eigenvalue weighted by atomic mass is 10.1. The Balaban J connectivity index is 1.58. The second-order valence-corrected chi connectivity index (χ2v) is 6.17. The van der Waals surface area contributed by atoms with Crippen LogP contribution < -0.4 is 5.32 Å². The monoisotopic (exact) mass is 323 g/mol. The first-order valence-electron chi connectivity index (χ1n) is 6.77. The molecule has 0 saturated heterocycles. The van der Waals surface area contributed by atoms with Gasteiger partial charge in [-0.2, -0.15) is 5.10 Å². The van der Waals surface area contributed by atoms with Gasteiger partial charge in [0.05, 0.1) is 16.2 Å². The van der Waals surface area contributed by atoms with Crippen molar-refractivity contribution in [3.63, 3.8) is 0 Å². The molecule has 1 amide bonds. The lowest BCUT2D eigenvalue weighted by molar-refractivity contribution is -0.122. The fraction of sp³-hybridized carbons (Fsp3) is 0.333. The molecule has 1 fully saturated rings. The van der Waals surface area contributed by atoms with E-state index in [1.165, 1.54) is 0 Å². The van der Waals surface area contributed by atoms with E-state index in [0.717, 1.165) is 23.2 Å². The number of carbonyl (C=O) groups is 1. The summed E-state index contributed by atoms with van der Waals surface area (Å²) in [6.07, 6.45) is 2.59. The van der Waals surface area contributed by atoms with Crippen LogP contribution in [0.5, 0.6) is 0 Å². The van der Waals surface area contributed by atoms with Crippen LogP contribution in [0.1, 0.15) is 29.2 Å². The Labute approximate surface area is 132 Å². The van der Waals surface area contributed by atoms with Crippen LogP contribution in [0, 0.1) is 12.8 Å². The van der Waals surface area contributed by atoms with Gasteiger partial charge in [-0.15, -0.1) is 0 Å². The average Bonchev–Trinajstić information content (AvgIpc) is 3.16. The highest BCUT2D eigenvalue weighted by molar-refractivity contribution is 6.42. The Hall–Kier alpha value is -1.52. The molecule has 0 bridgehead atoms. The van der Waals surface area contributed by atoms with Gasteiger partial charge in [0, 0.05) is 23.7 Å². The number of aromatic nitrogens is 2. The van der Waals surface area contributed by atoms with Gasteiger partial charge in [-0.1, -0.05) is 29.3 Å². The molecule has 1 aromatic carbocycles. The van der Waals surface area contributed by atoms with Crippen molar-refractivity contribution in [1.29, 1.82) is 0 Å². The Morgan fingerprint density at radius 3 is 2.90 bits per heavy atom. The van der Waals surface area contributed by atoms with Gasteiger partial charge in [-0.05, 0) is 37.0 Å². The van der Waals surface area contributed by atoms with Crippen LogP contribution in [-0.4, -0.2) is 16.1 Å². The molecule has 0 spiro atoms. The first kappa shape index (κ1) is 14.4. The third kappa shape index (κ3) is 3.06. The number of nitrogens with one attached hydrogen (secondary N) is 2. The number of aromatic amines is 1. The molecule has 2 aromatic rings. The quantitative estimate of drug-likeness (QED) is 0.905. The number of rotatable bonds is 4. The zero-order valence-corrected chi connectivity index (χ0v) is 13.0. The van der Waals surface area contributed by atoms with Crippen molar-refractivity contribution in [2.75, 3.05) is 0 Å². The molecule has 1 aromatic heterocycles. The molecule has 110 valence electrons. The van der Waals surface area contributed by atoms with Gasteiger partial charge < -0.3 is 5.32 Å². The Morgan fingerprint density at radius 1 is 1.43 bits per heavy atom. The molecule has 1 saturated carbocycles. The topological polar surface area (TPSA) is 57.8 Å². The molecule has 0 aliphatic heterocycles. The normalized spacial score (nSPS) is 20.3. The summed E-state index contributed by atoms with van der Waals surface area (Å²) in [7, 11) is 0. The van der Waals surface area contributed by atoms with Crippen molar-refractivity contribution in [2.24, 2.45) is 5.92 Å². The maximum absolute atomic E-state index is 12.1. The Bertz CT molecular complexity index is 683. The molecule has 1 aliphatic carbocycles. The minimum absolute atomic E-state index is 0.0226. The van der Waals surface area contributed by atoms with E-state index in [2.05, 4.69) is 15.5 Å². The lowest BCUT2D eigenvalue weighted by Gasteiger charge is -2.05. The van der Waals surface area contributed by atoms with Crippen LogP contribution in [0.25, 0.3) is 0 Å². The van der Waals surface area contributed by atoms with Crippen molar-refractivity contribution in [3.05, 3.63) is 51.3 Å². The molecule has 3 rings (SSSR count). The van der Waals surface area contributed by atoms with Crippen molar-refractivity contribution in [3.8, 4) is 0 Å². The highest BCUT2D eigenvalue weighted by atomic mass is 35.5. The van der Waals surface area contributed by atoms with E-state index < -0.39 is 0 Å². The highest BCUT2D eigenvalue weighted by Crippen LogP contribution is 2.48. The van der Waals surface area contributed by atoms with E-state index in [0.29, 0.717) is 16.6 Å². The summed E-state index contributed by atoms with van der Waals surface area (Å²) in [5, 5.41) is 10.8. The number of hydrogen-bond acceptors (Lipinski definition) is 2. The fourth-order valence-electron chi connectivity index (χ4n) is 2.46. The maximum atomic E-state index is 12.1. The van der Waals surface area contributed by atoms with Crippen LogP contribution in [-0.2, 0) is 11.3 Å². The first-order valence-corrected chi connectivity index (χ1v) is 7.53. The summed E-state index contributed by atoms with van der Waals surface area (Å²) in [6, 6.07) is 5.57. The zero-order chi connectivity index (χ0) is 15.0. The lowest BCUT2D eigenvalue weighted by Crippen LogP contribution is -2.25. The second kappa shape index (κ2) is 5.70. The molecule has 4 nitrogen and oxygen atoms in total. The number of nitrogens with zero attached hydrogens (tertiary/aromatic N) is 1. The number of aryl methyl sites for hydroxylation is 1. The van der Waals surface area contributed by atoms with Crippen molar-refractivity contribution >= 4 is 29.1 Å². The minimum atomic E-state index is 0.0226. The van der Waals surface area contributed by atoms with Crippen LogP contribution >= 0.6 is 23.2 Å². The van der Waals surface area contributed by atoms with E-state index in [4.69, 9.17) is 23.2 Å². The maximum Gasteiger partial charge on any atom is 0.224 e. The molecule has 1 aliphatic rings. The van der Waals surface area contributed by atoms with E-state index >= 15 is 0 Å². The number of hydrogen-bond donors (Lipinski definition) is 2. The van der Waals surface area contributed by atoms with Gasteiger partial charge in [-0.3, -0.25) is 9.89 Å². The first-order chi connectivity index (χ1) is 10.1. The van der Waals surface area contributed by atoms with Crippen LogP contribution in [0.2, 0.25) is 10.0 Å². The highest BCUT2D eigenvalue weighted by Gasteiger charge is 2.43. The second-order valence-electron chi connectivity index (χ2n) is 5.36. The Kier molecular flexibility index (Phi) is 3.91. The molecular weight excluding hydrogens is 309 g/mol. The van der Waals surface area contributed by atoms with Crippen LogP contribution in [0.3, 0.4) is 0 Å². The van der Waals surface area contributed by atoms with E-state index in [-0.39, 0.29) is 17.7 Å². The number of halogens is 2. The molecule has 0 radical (unpaired) electrons. The number of carbonyl (C=O) groups excluding carboxylic acids is 1. The van der Waals surface area contributed by atoms with E-state index in [1.54, 1.807) is 12.3 Å². The summed E-state index contributed by atoms with van der Waals surface area (Å²) in [6.45, 7) is 2.44. The van der Waals surface area contributed by atoms with Gasteiger partial charge in [0.25, 0.3) is 0 Å². The standard InChI is InChI=1S/C15H15Cl2N3O/c1-8-10(7-19-20-8)6-18-15(21)12-5-11(12)9-2-3-13(16)14(17)4-9/h2-4,7,11-12H,5-6H2,1H3,(H,18,21)(H,19,20)/t11-,12-/m0/s1. The predicted octanol–water partition coefficient (Wildman–Crippen LogP) is 3.44. The number of amides is 1. The fourth-order valence-corrected chi connectivity index (χ4v) is 2.77. The van der Waals surface area contributed by atoms with Gasteiger partial charge in [-0.25, -0.2) is 0 Å². The van der Waals surface area contributed by atoms with Crippen molar-refractivity contribution in [1.82, 2.24) is 15.5 Å². The van der Waals surface area contributed by atoms with Gasteiger partial charge in [0.1, 0.15) is 0 Å².